The standard InChI is InChI=1S/C16H24N6O/c1-4-15-21-20-12-22(15)9-8-18-16(17-2)19-11-13-6-5-7-14(10-13)23-3/h5-7,10,12H,4,8-9,11H2,1-3H3,(H2,17,18,19). The Bertz CT molecular complexity index is 637. The summed E-state index contributed by atoms with van der Waals surface area (Å²) in [5, 5.41) is 14.6. The number of rotatable bonds is 7. The van der Waals surface area contributed by atoms with Crippen molar-refractivity contribution in [1.82, 2.24) is 25.4 Å². The average Bonchev–Trinajstić information content (AvgIpc) is 3.05. The molecule has 0 aliphatic heterocycles. The molecular formula is C16H24N6O. The molecule has 7 nitrogen and oxygen atoms in total. The van der Waals surface area contributed by atoms with Gasteiger partial charge in [-0.05, 0) is 17.7 Å². The van der Waals surface area contributed by atoms with E-state index in [4.69, 9.17) is 4.74 Å². The second-order valence-electron chi connectivity index (χ2n) is 5.00. The third-order valence-electron chi connectivity index (χ3n) is 3.47. The number of hydrogen-bond donors (Lipinski definition) is 2. The van der Waals surface area contributed by atoms with Gasteiger partial charge in [-0.3, -0.25) is 4.99 Å². The van der Waals surface area contributed by atoms with Crippen molar-refractivity contribution in [1.29, 1.82) is 0 Å². The Morgan fingerprint density at radius 2 is 2.22 bits per heavy atom. The largest absolute Gasteiger partial charge is 0.497 e. The number of aryl methyl sites for hydroxylation is 1. The third-order valence-corrected chi connectivity index (χ3v) is 3.47. The predicted molar refractivity (Wildman–Crippen MR) is 90.6 cm³/mol. The minimum atomic E-state index is 0.684. The van der Waals surface area contributed by atoms with Crippen LogP contribution < -0.4 is 15.4 Å². The second-order valence-corrected chi connectivity index (χ2v) is 5.00. The number of ether oxygens (including phenoxy) is 1. The van der Waals surface area contributed by atoms with Crippen LogP contribution in [0.3, 0.4) is 0 Å². The van der Waals surface area contributed by atoms with E-state index in [1.54, 1.807) is 20.5 Å². The smallest absolute Gasteiger partial charge is 0.191 e. The molecule has 0 radical (unpaired) electrons. The van der Waals surface area contributed by atoms with Gasteiger partial charge in [0.25, 0.3) is 0 Å². The Morgan fingerprint density at radius 3 is 2.96 bits per heavy atom. The maximum atomic E-state index is 5.23. The van der Waals surface area contributed by atoms with Gasteiger partial charge in [0.1, 0.15) is 17.9 Å². The highest BCUT2D eigenvalue weighted by Gasteiger charge is 2.03. The summed E-state index contributed by atoms with van der Waals surface area (Å²) < 4.78 is 7.27. The normalized spacial score (nSPS) is 11.3. The molecular weight excluding hydrogens is 292 g/mol. The van der Waals surface area contributed by atoms with E-state index >= 15 is 0 Å². The first-order valence-corrected chi connectivity index (χ1v) is 7.71. The Hall–Kier alpha value is -2.57. The van der Waals surface area contributed by atoms with Crippen molar-refractivity contribution in [2.75, 3.05) is 20.7 Å². The molecule has 0 aliphatic carbocycles. The van der Waals surface area contributed by atoms with Crippen molar-refractivity contribution in [3.8, 4) is 5.75 Å². The lowest BCUT2D eigenvalue weighted by atomic mass is 10.2. The second kappa shape index (κ2) is 8.77. The van der Waals surface area contributed by atoms with Crippen LogP contribution in [0, 0.1) is 0 Å². The van der Waals surface area contributed by atoms with Crippen LogP contribution in [0.25, 0.3) is 0 Å². The van der Waals surface area contributed by atoms with Crippen molar-refractivity contribution >= 4 is 5.96 Å². The van der Waals surface area contributed by atoms with Crippen molar-refractivity contribution < 1.29 is 4.74 Å². The SMILES string of the molecule is CCc1nncn1CCNC(=NC)NCc1cccc(OC)c1. The number of aliphatic imine (C=N–C) groups is 1. The first kappa shape index (κ1) is 16.8. The number of nitrogens with zero attached hydrogens (tertiary/aromatic N) is 4. The molecule has 0 fully saturated rings. The van der Waals surface area contributed by atoms with E-state index in [2.05, 4.69) is 32.7 Å². The maximum Gasteiger partial charge on any atom is 0.191 e. The molecule has 0 atom stereocenters. The van der Waals surface area contributed by atoms with Crippen LogP contribution in [0.15, 0.2) is 35.6 Å². The van der Waals surface area contributed by atoms with E-state index in [9.17, 15) is 0 Å². The van der Waals surface area contributed by atoms with Crippen LogP contribution in [-0.2, 0) is 19.5 Å². The highest BCUT2D eigenvalue weighted by atomic mass is 16.5. The summed E-state index contributed by atoms with van der Waals surface area (Å²) in [6.45, 7) is 4.31. The van der Waals surface area contributed by atoms with Crippen LogP contribution in [-0.4, -0.2) is 41.4 Å². The van der Waals surface area contributed by atoms with Crippen molar-refractivity contribution in [3.05, 3.63) is 42.0 Å². The van der Waals surface area contributed by atoms with Gasteiger partial charge in [0.2, 0.25) is 0 Å². The van der Waals surface area contributed by atoms with Gasteiger partial charge in [0.15, 0.2) is 5.96 Å². The molecule has 0 spiro atoms. The molecule has 1 aromatic heterocycles. The Balaban J connectivity index is 1.79. The van der Waals surface area contributed by atoms with Crippen molar-refractivity contribution in [3.63, 3.8) is 0 Å². The molecule has 0 amide bonds. The highest BCUT2D eigenvalue weighted by molar-refractivity contribution is 5.79. The lowest BCUT2D eigenvalue weighted by Gasteiger charge is -2.13. The number of hydrogen-bond acceptors (Lipinski definition) is 4. The minimum absolute atomic E-state index is 0.684. The van der Waals surface area contributed by atoms with Gasteiger partial charge in [-0.1, -0.05) is 19.1 Å². The number of guanidine groups is 1. The molecule has 2 N–H and O–H groups in total. The lowest BCUT2D eigenvalue weighted by molar-refractivity contribution is 0.414. The number of methoxy groups -OCH3 is 1. The topological polar surface area (TPSA) is 76.4 Å². The van der Waals surface area contributed by atoms with Crippen LogP contribution in [0.5, 0.6) is 5.75 Å². The molecule has 1 aromatic carbocycles. The van der Waals surface area contributed by atoms with Gasteiger partial charge in [-0.25, -0.2) is 0 Å². The zero-order valence-electron chi connectivity index (χ0n) is 13.9. The van der Waals surface area contributed by atoms with E-state index in [0.29, 0.717) is 6.54 Å². The maximum absolute atomic E-state index is 5.23. The van der Waals surface area contributed by atoms with Crippen LogP contribution in [0.4, 0.5) is 0 Å². The van der Waals surface area contributed by atoms with E-state index in [-0.39, 0.29) is 0 Å². The van der Waals surface area contributed by atoms with E-state index < -0.39 is 0 Å². The number of aromatic nitrogens is 3. The molecule has 1 heterocycles. The monoisotopic (exact) mass is 316 g/mol. The summed E-state index contributed by atoms with van der Waals surface area (Å²) in [4.78, 5) is 4.23. The molecule has 124 valence electrons. The van der Waals surface area contributed by atoms with Gasteiger partial charge < -0.3 is 19.9 Å². The number of benzene rings is 1. The fourth-order valence-corrected chi connectivity index (χ4v) is 2.22. The fourth-order valence-electron chi connectivity index (χ4n) is 2.22. The van der Waals surface area contributed by atoms with Crippen molar-refractivity contribution in [2.24, 2.45) is 4.99 Å². The van der Waals surface area contributed by atoms with E-state index in [1.165, 1.54) is 0 Å². The molecule has 0 saturated carbocycles. The Kier molecular flexibility index (Phi) is 6.40. The molecule has 2 aromatic rings. The van der Waals surface area contributed by atoms with Gasteiger partial charge in [-0.15, -0.1) is 10.2 Å². The molecule has 0 saturated heterocycles. The molecule has 0 bridgehead atoms. The molecule has 0 unspecified atom stereocenters. The Labute approximate surface area is 136 Å². The third kappa shape index (κ3) is 4.98. The lowest BCUT2D eigenvalue weighted by Crippen LogP contribution is -2.38. The summed E-state index contributed by atoms with van der Waals surface area (Å²) in [7, 11) is 3.43. The van der Waals surface area contributed by atoms with Crippen molar-refractivity contribution in [2.45, 2.75) is 26.4 Å². The zero-order valence-corrected chi connectivity index (χ0v) is 13.9. The van der Waals surface area contributed by atoms with Gasteiger partial charge in [0, 0.05) is 33.1 Å². The minimum Gasteiger partial charge on any atom is -0.497 e. The van der Waals surface area contributed by atoms with Gasteiger partial charge in [-0.2, -0.15) is 0 Å². The summed E-state index contributed by atoms with van der Waals surface area (Å²) in [5.74, 6) is 2.61. The fraction of sp³-hybridized carbons (Fsp3) is 0.438. The quantitative estimate of drug-likeness (QED) is 0.593. The van der Waals surface area contributed by atoms with Gasteiger partial charge >= 0.3 is 0 Å². The predicted octanol–water partition coefficient (Wildman–Crippen LogP) is 1.21. The first-order chi connectivity index (χ1) is 11.3. The summed E-state index contributed by atoms with van der Waals surface area (Å²) >= 11 is 0. The highest BCUT2D eigenvalue weighted by Crippen LogP contribution is 2.11. The van der Waals surface area contributed by atoms with E-state index in [1.807, 2.05) is 28.8 Å². The van der Waals surface area contributed by atoms with Crippen LogP contribution in [0.1, 0.15) is 18.3 Å². The molecule has 2 rings (SSSR count). The van der Waals surface area contributed by atoms with Crippen LogP contribution in [0.2, 0.25) is 0 Å². The van der Waals surface area contributed by atoms with Gasteiger partial charge in [0.05, 0.1) is 7.11 Å². The summed E-state index contributed by atoms with van der Waals surface area (Å²) in [5.41, 5.74) is 1.14. The van der Waals surface area contributed by atoms with E-state index in [0.717, 1.165) is 42.6 Å². The molecule has 23 heavy (non-hydrogen) atoms. The molecule has 0 aliphatic rings. The average molecular weight is 316 g/mol. The summed E-state index contributed by atoms with van der Waals surface area (Å²) in [6, 6.07) is 7.96. The first-order valence-electron chi connectivity index (χ1n) is 7.71. The molecule has 7 heteroatoms. The summed E-state index contributed by atoms with van der Waals surface area (Å²) in [6.07, 6.45) is 2.63. The van der Waals surface area contributed by atoms with Crippen LogP contribution >= 0.6 is 0 Å². The number of nitrogens with one attached hydrogen (secondary N) is 2. The zero-order chi connectivity index (χ0) is 16.5. The Morgan fingerprint density at radius 1 is 1.35 bits per heavy atom.